The van der Waals surface area contributed by atoms with Crippen LogP contribution in [-0.4, -0.2) is 12.6 Å². The average Bonchev–Trinajstić information content (AvgIpc) is 3.11. The second-order valence-corrected chi connectivity index (χ2v) is 9.06. The Hall–Kier alpha value is -1.20. The summed E-state index contributed by atoms with van der Waals surface area (Å²) in [6.45, 7) is 8.33. The van der Waals surface area contributed by atoms with E-state index in [1.807, 2.05) is 6.92 Å². The first-order valence-electron chi connectivity index (χ1n) is 8.83. The van der Waals surface area contributed by atoms with E-state index < -0.39 is 5.60 Å². The van der Waals surface area contributed by atoms with Crippen molar-refractivity contribution in [3.8, 4) is 0 Å². The summed E-state index contributed by atoms with van der Waals surface area (Å²) in [5.41, 5.74) is 4.23. The van der Waals surface area contributed by atoms with Crippen LogP contribution in [0.1, 0.15) is 43.9 Å². The van der Waals surface area contributed by atoms with Crippen LogP contribution in [0.3, 0.4) is 0 Å². The molecule has 0 fully saturated rings. The highest BCUT2D eigenvalue weighted by molar-refractivity contribution is 6.67. The Kier molecular flexibility index (Phi) is 4.55. The van der Waals surface area contributed by atoms with Gasteiger partial charge in [0.15, 0.2) is 5.60 Å². The van der Waals surface area contributed by atoms with Gasteiger partial charge in [-0.25, -0.2) is 0 Å². The predicted octanol–water partition coefficient (Wildman–Crippen LogP) is 5.78. The quantitative estimate of drug-likeness (QED) is 0.454. The molecule has 3 nitrogen and oxygen atoms in total. The molecule has 0 N–H and O–H groups in total. The maximum atomic E-state index is 6.20. The van der Waals surface area contributed by atoms with Gasteiger partial charge in [0.2, 0.25) is 0 Å². The first kappa shape index (κ1) is 19.1. The monoisotopic (exact) mass is 421 g/mol. The molecule has 0 saturated heterocycles. The minimum atomic E-state index is -0.647. The molecule has 0 aromatic heterocycles. The molecule has 140 valence electrons. The molecule has 0 saturated carbocycles. The number of hydrogen-bond acceptors (Lipinski definition) is 3. The Labute approximate surface area is 174 Å². The summed E-state index contributed by atoms with van der Waals surface area (Å²) in [4.78, 5) is 5.83. The molecule has 0 bridgehead atoms. The molecule has 0 radical (unpaired) electrons. The van der Waals surface area contributed by atoms with Crippen LogP contribution < -0.4 is 5.46 Å². The minimum Gasteiger partial charge on any atom is -0.422 e. The van der Waals surface area contributed by atoms with Crippen LogP contribution >= 0.6 is 34.8 Å². The van der Waals surface area contributed by atoms with Crippen LogP contribution in [0.4, 0.5) is 0 Å². The number of rotatable bonds is 2. The van der Waals surface area contributed by atoms with Crippen molar-refractivity contribution in [2.24, 2.45) is 5.16 Å². The number of hydrogen-bond donors (Lipinski definition) is 0. The molecule has 2 aliphatic heterocycles. The number of benzene rings is 2. The Morgan fingerprint density at radius 1 is 1.04 bits per heavy atom. The van der Waals surface area contributed by atoms with Crippen molar-refractivity contribution in [2.45, 2.75) is 45.2 Å². The molecule has 2 aromatic rings. The number of nitrogens with zero attached hydrogens (tertiary/aromatic N) is 1. The summed E-state index contributed by atoms with van der Waals surface area (Å²) in [6, 6.07) is 9.94. The Balaban J connectivity index is 1.66. The summed E-state index contributed by atoms with van der Waals surface area (Å²) >= 11 is 18.5. The Morgan fingerprint density at radius 2 is 1.70 bits per heavy atom. The van der Waals surface area contributed by atoms with E-state index in [-0.39, 0.29) is 12.5 Å². The third-order valence-corrected chi connectivity index (χ3v) is 6.60. The maximum Gasteiger partial charge on any atom is 0.325 e. The molecule has 0 aliphatic carbocycles. The molecular formula is C20H19BCl3NO2. The number of fused-ring (bicyclic) bond motifs is 1. The fourth-order valence-electron chi connectivity index (χ4n) is 3.89. The SMILES string of the molecule is CB1OC(C)(C)c2cc(C3=NO[C@](C)(c4cc(Cl)c(Cl)c(Cl)c4)C3)ccc21. The lowest BCUT2D eigenvalue weighted by atomic mass is 9.64. The van der Waals surface area contributed by atoms with Crippen molar-refractivity contribution in [3.63, 3.8) is 0 Å². The lowest BCUT2D eigenvalue weighted by molar-refractivity contribution is -0.00737. The lowest BCUT2D eigenvalue weighted by Crippen LogP contribution is -2.25. The highest BCUT2D eigenvalue weighted by Crippen LogP contribution is 2.41. The zero-order chi connectivity index (χ0) is 19.6. The van der Waals surface area contributed by atoms with E-state index in [0.717, 1.165) is 16.8 Å². The van der Waals surface area contributed by atoms with Gasteiger partial charge in [0.05, 0.1) is 26.4 Å². The molecule has 2 aliphatic rings. The Bertz CT molecular complexity index is 953. The summed E-state index contributed by atoms with van der Waals surface area (Å²) in [5.74, 6) is 0. The van der Waals surface area contributed by atoms with E-state index in [1.165, 1.54) is 11.0 Å². The molecule has 4 rings (SSSR count). The standard InChI is InChI=1S/C20H19BCl3NO2/c1-19(2)13-7-11(5-6-14(13)21(4)26-19)17-10-20(3,27-25-17)12-8-15(22)18(24)16(23)9-12/h5-9H,10H2,1-4H3/t20-/m0/s1. The van der Waals surface area contributed by atoms with Crippen LogP contribution in [0.2, 0.25) is 21.9 Å². The van der Waals surface area contributed by atoms with Crippen LogP contribution in [0.15, 0.2) is 35.5 Å². The molecule has 0 unspecified atom stereocenters. The van der Waals surface area contributed by atoms with Crippen molar-refractivity contribution in [2.75, 3.05) is 0 Å². The third kappa shape index (κ3) is 3.17. The first-order chi connectivity index (χ1) is 12.6. The van der Waals surface area contributed by atoms with Gasteiger partial charge in [-0.1, -0.05) is 58.9 Å². The summed E-state index contributed by atoms with van der Waals surface area (Å²) in [5, 5.41) is 5.52. The third-order valence-electron chi connectivity index (χ3n) is 5.40. The summed E-state index contributed by atoms with van der Waals surface area (Å²) in [6.07, 6.45) is 0.608. The van der Waals surface area contributed by atoms with E-state index in [1.54, 1.807) is 12.1 Å². The largest absolute Gasteiger partial charge is 0.422 e. The van der Waals surface area contributed by atoms with Gasteiger partial charge in [-0.3, -0.25) is 0 Å². The van der Waals surface area contributed by atoms with Crippen molar-refractivity contribution in [3.05, 3.63) is 62.1 Å². The van der Waals surface area contributed by atoms with Gasteiger partial charge in [-0.05, 0) is 55.6 Å². The smallest absolute Gasteiger partial charge is 0.325 e. The molecule has 27 heavy (non-hydrogen) atoms. The van der Waals surface area contributed by atoms with Crippen LogP contribution in [0.5, 0.6) is 0 Å². The van der Waals surface area contributed by atoms with Gasteiger partial charge in [0, 0.05) is 12.0 Å². The van der Waals surface area contributed by atoms with Gasteiger partial charge >= 0.3 is 6.92 Å². The van der Waals surface area contributed by atoms with Gasteiger partial charge in [-0.15, -0.1) is 0 Å². The fraction of sp³-hybridized carbons (Fsp3) is 0.350. The topological polar surface area (TPSA) is 30.8 Å². The number of oxime groups is 1. The number of halogens is 3. The summed E-state index contributed by atoms with van der Waals surface area (Å²) in [7, 11) is 0. The van der Waals surface area contributed by atoms with Crippen LogP contribution in [0, 0.1) is 0 Å². The van der Waals surface area contributed by atoms with E-state index in [9.17, 15) is 0 Å². The lowest BCUT2D eigenvalue weighted by Gasteiger charge is -2.23. The van der Waals surface area contributed by atoms with Gasteiger partial charge in [0.1, 0.15) is 0 Å². The zero-order valence-corrected chi connectivity index (χ0v) is 17.8. The van der Waals surface area contributed by atoms with Crippen molar-refractivity contribution < 1.29 is 9.49 Å². The highest BCUT2D eigenvalue weighted by Gasteiger charge is 2.40. The fourth-order valence-corrected chi connectivity index (χ4v) is 4.49. The van der Waals surface area contributed by atoms with E-state index in [4.69, 9.17) is 44.3 Å². The summed E-state index contributed by atoms with van der Waals surface area (Å²) < 4.78 is 6.07. The molecule has 0 amide bonds. The van der Waals surface area contributed by atoms with Crippen LogP contribution in [-0.2, 0) is 20.7 Å². The molecule has 0 spiro atoms. The molecule has 7 heteroatoms. The van der Waals surface area contributed by atoms with E-state index >= 15 is 0 Å². The second-order valence-electron chi connectivity index (χ2n) is 7.86. The Morgan fingerprint density at radius 3 is 2.37 bits per heavy atom. The molecule has 1 atom stereocenters. The van der Waals surface area contributed by atoms with Crippen molar-refractivity contribution >= 4 is 52.9 Å². The molecule has 2 aromatic carbocycles. The van der Waals surface area contributed by atoms with E-state index in [0.29, 0.717) is 21.5 Å². The van der Waals surface area contributed by atoms with Crippen molar-refractivity contribution in [1.82, 2.24) is 0 Å². The van der Waals surface area contributed by atoms with Gasteiger partial charge < -0.3 is 9.49 Å². The predicted molar refractivity (Wildman–Crippen MR) is 113 cm³/mol. The average molecular weight is 423 g/mol. The zero-order valence-electron chi connectivity index (χ0n) is 15.6. The molecular weight excluding hydrogens is 403 g/mol. The normalized spacial score (nSPS) is 23.2. The van der Waals surface area contributed by atoms with Crippen molar-refractivity contribution in [1.29, 1.82) is 0 Å². The van der Waals surface area contributed by atoms with Crippen LogP contribution in [0.25, 0.3) is 0 Å². The second kappa shape index (κ2) is 6.42. The first-order valence-corrected chi connectivity index (χ1v) is 9.97. The minimum absolute atomic E-state index is 0.0921. The highest BCUT2D eigenvalue weighted by atomic mass is 35.5. The van der Waals surface area contributed by atoms with Gasteiger partial charge in [0.25, 0.3) is 0 Å². The molecule has 2 heterocycles. The van der Waals surface area contributed by atoms with Gasteiger partial charge in [-0.2, -0.15) is 0 Å². The maximum absolute atomic E-state index is 6.20. The van der Waals surface area contributed by atoms with E-state index in [2.05, 4.69) is 44.0 Å².